The Balaban J connectivity index is 3.41. The fourth-order valence-corrected chi connectivity index (χ4v) is 1.60. The van der Waals surface area contributed by atoms with E-state index in [0.29, 0.717) is 4.68 Å². The van der Waals surface area contributed by atoms with Gasteiger partial charge in [0.1, 0.15) is 5.15 Å². The summed E-state index contributed by atoms with van der Waals surface area (Å²) in [5.74, 6) is -3.76. The number of aryl methyl sites for hydroxylation is 1. The highest BCUT2D eigenvalue weighted by Gasteiger charge is 2.47. The Morgan fingerprint density at radius 2 is 1.82 bits per heavy atom. The van der Waals surface area contributed by atoms with Crippen LogP contribution in [0.3, 0.4) is 0 Å². The number of nitrogens with zero attached hydrogens (tertiary/aromatic N) is 2. The summed E-state index contributed by atoms with van der Waals surface area (Å²) in [5.41, 5.74) is 1.94. The maximum Gasteiger partial charge on any atom is 0.435 e. The molecule has 0 aliphatic carbocycles. The van der Waals surface area contributed by atoms with Gasteiger partial charge in [-0.15, -0.1) is 0 Å². The summed E-state index contributed by atoms with van der Waals surface area (Å²) >= 11 is 5.42. The second-order valence-corrected chi connectivity index (χ2v) is 3.74. The molecule has 1 aromatic rings. The minimum atomic E-state index is -4.99. The van der Waals surface area contributed by atoms with Crippen molar-refractivity contribution in [1.29, 1.82) is 0 Å². The van der Waals surface area contributed by atoms with Crippen molar-refractivity contribution in [3.63, 3.8) is 0 Å². The van der Waals surface area contributed by atoms with Crippen molar-refractivity contribution < 1.29 is 22.0 Å². The van der Waals surface area contributed by atoms with Crippen LogP contribution in [0.2, 0.25) is 5.15 Å². The van der Waals surface area contributed by atoms with Crippen LogP contribution in [0.4, 0.5) is 22.0 Å². The summed E-state index contributed by atoms with van der Waals surface area (Å²) in [7, 11) is 1.06. The summed E-state index contributed by atoms with van der Waals surface area (Å²) in [4.78, 5) is 0. The van der Waals surface area contributed by atoms with E-state index < -0.39 is 41.5 Å². The van der Waals surface area contributed by atoms with Crippen LogP contribution in [0.25, 0.3) is 0 Å². The van der Waals surface area contributed by atoms with E-state index in [4.69, 9.17) is 17.3 Å². The number of nitrogens with two attached hydrogens (primary N) is 1. The van der Waals surface area contributed by atoms with Gasteiger partial charge in [-0.05, 0) is 6.54 Å². The van der Waals surface area contributed by atoms with Crippen LogP contribution in [0.5, 0.6) is 0 Å². The second kappa shape index (κ2) is 4.41. The summed E-state index contributed by atoms with van der Waals surface area (Å²) in [6.07, 6.45) is -5.92. The van der Waals surface area contributed by atoms with Gasteiger partial charge in [0.25, 0.3) is 5.92 Å². The van der Waals surface area contributed by atoms with E-state index in [0.717, 1.165) is 7.05 Å². The first kappa shape index (κ1) is 14.2. The van der Waals surface area contributed by atoms with Crippen LogP contribution >= 0.6 is 11.6 Å². The first-order chi connectivity index (χ1) is 7.61. The van der Waals surface area contributed by atoms with Gasteiger partial charge in [0.05, 0.1) is 5.56 Å². The van der Waals surface area contributed by atoms with E-state index >= 15 is 0 Å². The summed E-state index contributed by atoms with van der Waals surface area (Å²) in [5, 5.41) is 2.23. The van der Waals surface area contributed by atoms with E-state index in [9.17, 15) is 22.0 Å². The predicted octanol–water partition coefficient (Wildman–Crippen LogP) is 2.53. The SMILES string of the molecule is Cn1nc(C(F)(F)F)c(C(F)(F)CCN)c1Cl. The van der Waals surface area contributed by atoms with Crippen molar-refractivity contribution in [2.75, 3.05) is 6.54 Å². The Morgan fingerprint density at radius 3 is 2.24 bits per heavy atom. The van der Waals surface area contributed by atoms with Gasteiger partial charge in [-0.25, -0.2) is 8.78 Å². The van der Waals surface area contributed by atoms with Crippen molar-refractivity contribution in [3.05, 3.63) is 16.4 Å². The van der Waals surface area contributed by atoms with Crippen molar-refractivity contribution in [2.45, 2.75) is 18.5 Å². The van der Waals surface area contributed by atoms with Crippen LogP contribution in [-0.2, 0) is 19.1 Å². The van der Waals surface area contributed by atoms with E-state index in [-0.39, 0.29) is 0 Å². The van der Waals surface area contributed by atoms with Gasteiger partial charge in [0.15, 0.2) is 5.69 Å². The van der Waals surface area contributed by atoms with Gasteiger partial charge in [0, 0.05) is 13.5 Å². The Hall–Kier alpha value is -0.890. The van der Waals surface area contributed by atoms with Crippen molar-refractivity contribution in [3.8, 4) is 0 Å². The van der Waals surface area contributed by atoms with Gasteiger partial charge in [-0.1, -0.05) is 11.6 Å². The standard InChI is InChI=1S/C8H9ClF5N3/c1-17-6(9)4(7(10,11)2-3-15)5(16-17)8(12,13)14/h2-3,15H2,1H3. The molecule has 0 radical (unpaired) electrons. The van der Waals surface area contributed by atoms with Crippen molar-refractivity contribution in [2.24, 2.45) is 12.8 Å². The summed E-state index contributed by atoms with van der Waals surface area (Å²) in [6, 6.07) is 0. The maximum atomic E-state index is 13.5. The molecule has 1 heterocycles. The molecule has 1 aromatic heterocycles. The molecule has 0 saturated carbocycles. The molecular formula is C8H9ClF5N3. The molecule has 0 aromatic carbocycles. The molecule has 0 aliphatic heterocycles. The third-order valence-electron chi connectivity index (χ3n) is 2.07. The highest BCUT2D eigenvalue weighted by molar-refractivity contribution is 6.30. The smallest absolute Gasteiger partial charge is 0.330 e. The molecule has 0 aliphatic rings. The zero-order chi connectivity index (χ0) is 13.4. The molecule has 0 fully saturated rings. The fraction of sp³-hybridized carbons (Fsp3) is 0.625. The molecule has 98 valence electrons. The largest absolute Gasteiger partial charge is 0.435 e. The quantitative estimate of drug-likeness (QED) is 0.863. The monoisotopic (exact) mass is 277 g/mol. The Kier molecular flexibility index (Phi) is 3.68. The Labute approximate surface area is 98.3 Å². The zero-order valence-electron chi connectivity index (χ0n) is 8.65. The van der Waals surface area contributed by atoms with E-state index in [1.807, 2.05) is 0 Å². The lowest BCUT2D eigenvalue weighted by atomic mass is 10.1. The molecule has 0 bridgehead atoms. The number of rotatable bonds is 3. The molecule has 0 spiro atoms. The van der Waals surface area contributed by atoms with Crippen LogP contribution in [-0.4, -0.2) is 16.3 Å². The molecular weight excluding hydrogens is 269 g/mol. The third kappa shape index (κ3) is 2.68. The fourth-order valence-electron chi connectivity index (χ4n) is 1.33. The van der Waals surface area contributed by atoms with Crippen molar-refractivity contribution >= 4 is 11.6 Å². The molecule has 1 rings (SSSR count). The van der Waals surface area contributed by atoms with E-state index in [1.54, 1.807) is 0 Å². The van der Waals surface area contributed by atoms with Gasteiger partial charge in [0.2, 0.25) is 0 Å². The van der Waals surface area contributed by atoms with Gasteiger partial charge < -0.3 is 5.73 Å². The summed E-state index contributed by atoms with van der Waals surface area (Å²) in [6.45, 7) is -0.463. The Bertz CT molecular complexity index is 412. The highest BCUT2D eigenvalue weighted by atomic mass is 35.5. The van der Waals surface area contributed by atoms with Crippen LogP contribution < -0.4 is 5.73 Å². The summed E-state index contributed by atoms with van der Waals surface area (Å²) < 4.78 is 65.1. The first-order valence-electron chi connectivity index (χ1n) is 4.49. The number of alkyl halides is 5. The lowest BCUT2D eigenvalue weighted by Gasteiger charge is -2.16. The molecule has 0 saturated heterocycles. The van der Waals surface area contributed by atoms with Gasteiger partial charge in [-0.2, -0.15) is 18.3 Å². The highest BCUT2D eigenvalue weighted by Crippen LogP contribution is 2.43. The third-order valence-corrected chi connectivity index (χ3v) is 2.50. The maximum absolute atomic E-state index is 13.5. The lowest BCUT2D eigenvalue weighted by molar-refractivity contribution is -0.145. The molecule has 2 N–H and O–H groups in total. The Morgan fingerprint density at radius 1 is 1.29 bits per heavy atom. The molecule has 0 atom stereocenters. The number of hydrogen-bond acceptors (Lipinski definition) is 2. The average molecular weight is 278 g/mol. The van der Waals surface area contributed by atoms with Gasteiger partial charge in [-0.3, -0.25) is 4.68 Å². The minimum Gasteiger partial charge on any atom is -0.330 e. The number of halogens is 6. The van der Waals surface area contributed by atoms with Crippen LogP contribution in [0.15, 0.2) is 0 Å². The second-order valence-electron chi connectivity index (χ2n) is 3.38. The molecule has 0 unspecified atom stereocenters. The normalized spacial score (nSPS) is 13.2. The van der Waals surface area contributed by atoms with Crippen LogP contribution in [0.1, 0.15) is 17.7 Å². The van der Waals surface area contributed by atoms with Crippen LogP contribution in [0, 0.1) is 0 Å². The number of aromatic nitrogens is 2. The molecule has 9 heteroatoms. The minimum absolute atomic E-state index is 0.463. The molecule has 0 amide bonds. The van der Waals surface area contributed by atoms with E-state index in [1.165, 1.54) is 0 Å². The predicted molar refractivity (Wildman–Crippen MR) is 50.8 cm³/mol. The van der Waals surface area contributed by atoms with Crippen molar-refractivity contribution in [1.82, 2.24) is 9.78 Å². The topological polar surface area (TPSA) is 43.8 Å². The first-order valence-corrected chi connectivity index (χ1v) is 4.87. The van der Waals surface area contributed by atoms with Gasteiger partial charge >= 0.3 is 6.18 Å². The molecule has 3 nitrogen and oxygen atoms in total. The number of hydrogen-bond donors (Lipinski definition) is 1. The molecule has 17 heavy (non-hydrogen) atoms. The lowest BCUT2D eigenvalue weighted by Crippen LogP contribution is -2.22. The average Bonchev–Trinajstić information content (AvgIpc) is 2.43. The zero-order valence-corrected chi connectivity index (χ0v) is 9.41. The van der Waals surface area contributed by atoms with E-state index in [2.05, 4.69) is 5.10 Å².